The second-order valence-corrected chi connectivity index (χ2v) is 9.18. The molecule has 5 nitrogen and oxygen atoms in total. The van der Waals surface area contributed by atoms with Gasteiger partial charge in [0.1, 0.15) is 0 Å². The van der Waals surface area contributed by atoms with Crippen LogP contribution in [0.15, 0.2) is 71.6 Å². The topological polar surface area (TPSA) is 66.5 Å². The van der Waals surface area contributed by atoms with E-state index in [2.05, 4.69) is 5.32 Å². The predicted octanol–water partition coefficient (Wildman–Crippen LogP) is 5.38. The molecule has 8 heteroatoms. The second-order valence-electron chi connectivity index (χ2n) is 6.37. The SMILES string of the molecule is Cc1cc(C(=O)Nc2cc(Cl)ccc2Cl)ccc1N(C)S(=O)(=O)c1ccccc1. The average Bonchev–Trinajstić information content (AvgIpc) is 2.70. The van der Waals surface area contributed by atoms with E-state index in [1.54, 1.807) is 61.5 Å². The first-order valence-electron chi connectivity index (χ1n) is 8.61. The summed E-state index contributed by atoms with van der Waals surface area (Å²) in [6.45, 7) is 1.75. The number of sulfonamides is 1. The Balaban J connectivity index is 1.86. The van der Waals surface area contributed by atoms with Gasteiger partial charge in [0, 0.05) is 17.6 Å². The third-order valence-electron chi connectivity index (χ3n) is 4.38. The summed E-state index contributed by atoms with van der Waals surface area (Å²) in [7, 11) is -2.22. The largest absolute Gasteiger partial charge is 0.321 e. The first kappa shape index (κ1) is 21.2. The van der Waals surface area contributed by atoms with Crippen LogP contribution in [0.4, 0.5) is 11.4 Å². The molecule has 0 bridgehead atoms. The second kappa shape index (κ2) is 8.45. The Kier molecular flexibility index (Phi) is 6.17. The zero-order valence-corrected chi connectivity index (χ0v) is 18.0. The molecule has 0 aliphatic carbocycles. The molecule has 0 heterocycles. The minimum Gasteiger partial charge on any atom is -0.321 e. The summed E-state index contributed by atoms with van der Waals surface area (Å²) in [6, 6.07) is 17.7. The van der Waals surface area contributed by atoms with Crippen molar-refractivity contribution in [2.75, 3.05) is 16.7 Å². The summed E-state index contributed by atoms with van der Waals surface area (Å²) < 4.78 is 26.9. The van der Waals surface area contributed by atoms with Gasteiger partial charge in [-0.3, -0.25) is 9.10 Å². The molecule has 3 rings (SSSR count). The number of hydrogen-bond donors (Lipinski definition) is 1. The number of hydrogen-bond acceptors (Lipinski definition) is 3. The van der Waals surface area contributed by atoms with Crippen molar-refractivity contribution in [3.8, 4) is 0 Å². The molecule has 0 aliphatic rings. The minimum atomic E-state index is -3.71. The lowest BCUT2D eigenvalue weighted by Gasteiger charge is -2.22. The maximum absolute atomic E-state index is 12.8. The van der Waals surface area contributed by atoms with Crippen LogP contribution in [0.2, 0.25) is 10.0 Å². The van der Waals surface area contributed by atoms with Crippen molar-refractivity contribution < 1.29 is 13.2 Å². The van der Waals surface area contributed by atoms with E-state index in [9.17, 15) is 13.2 Å². The van der Waals surface area contributed by atoms with E-state index >= 15 is 0 Å². The molecule has 0 aromatic heterocycles. The van der Waals surface area contributed by atoms with Crippen molar-refractivity contribution in [2.24, 2.45) is 0 Å². The molecule has 0 saturated heterocycles. The van der Waals surface area contributed by atoms with Crippen molar-refractivity contribution in [3.63, 3.8) is 0 Å². The molecule has 0 aliphatic heterocycles. The van der Waals surface area contributed by atoms with Crippen molar-refractivity contribution in [1.29, 1.82) is 0 Å². The Morgan fingerprint density at radius 3 is 2.31 bits per heavy atom. The molecule has 3 aromatic rings. The van der Waals surface area contributed by atoms with E-state index in [0.29, 0.717) is 32.5 Å². The van der Waals surface area contributed by atoms with E-state index in [1.165, 1.54) is 23.5 Å². The van der Waals surface area contributed by atoms with E-state index < -0.39 is 10.0 Å². The van der Waals surface area contributed by atoms with Crippen LogP contribution >= 0.6 is 23.2 Å². The van der Waals surface area contributed by atoms with Crippen LogP contribution in [0.1, 0.15) is 15.9 Å². The lowest BCUT2D eigenvalue weighted by Crippen LogP contribution is -2.27. The number of halogens is 2. The predicted molar refractivity (Wildman–Crippen MR) is 118 cm³/mol. The molecule has 0 spiro atoms. The van der Waals surface area contributed by atoms with Gasteiger partial charge in [-0.25, -0.2) is 8.42 Å². The van der Waals surface area contributed by atoms with Gasteiger partial charge in [0.15, 0.2) is 0 Å². The fourth-order valence-electron chi connectivity index (χ4n) is 2.82. The molecule has 0 unspecified atom stereocenters. The summed E-state index contributed by atoms with van der Waals surface area (Å²) in [5, 5.41) is 3.53. The molecule has 0 radical (unpaired) electrons. The van der Waals surface area contributed by atoms with Gasteiger partial charge in [-0.1, -0.05) is 41.4 Å². The molecule has 1 amide bonds. The summed E-state index contributed by atoms with van der Waals surface area (Å²) in [4.78, 5) is 12.8. The monoisotopic (exact) mass is 448 g/mol. The number of aryl methyl sites for hydroxylation is 1. The zero-order chi connectivity index (χ0) is 21.2. The fourth-order valence-corrected chi connectivity index (χ4v) is 4.44. The molecule has 0 atom stereocenters. The molecule has 150 valence electrons. The number of anilines is 2. The molecule has 3 aromatic carbocycles. The van der Waals surface area contributed by atoms with Gasteiger partial charge in [0.25, 0.3) is 15.9 Å². The molecular formula is C21H18Cl2N2O3S. The molecule has 29 heavy (non-hydrogen) atoms. The fraction of sp³-hybridized carbons (Fsp3) is 0.0952. The summed E-state index contributed by atoms with van der Waals surface area (Å²) in [5.74, 6) is -0.377. The zero-order valence-electron chi connectivity index (χ0n) is 15.7. The van der Waals surface area contributed by atoms with Crippen LogP contribution in [0.5, 0.6) is 0 Å². The van der Waals surface area contributed by atoms with E-state index in [0.717, 1.165) is 0 Å². The van der Waals surface area contributed by atoms with Crippen molar-refractivity contribution in [1.82, 2.24) is 0 Å². The molecular weight excluding hydrogens is 431 g/mol. The lowest BCUT2D eigenvalue weighted by atomic mass is 10.1. The van der Waals surface area contributed by atoms with Crippen molar-refractivity contribution in [2.45, 2.75) is 11.8 Å². The quantitative estimate of drug-likeness (QED) is 0.569. The highest BCUT2D eigenvalue weighted by molar-refractivity contribution is 7.92. The van der Waals surface area contributed by atoms with Crippen LogP contribution in [-0.4, -0.2) is 21.4 Å². The highest BCUT2D eigenvalue weighted by atomic mass is 35.5. The van der Waals surface area contributed by atoms with Gasteiger partial charge in [0.05, 0.1) is 21.3 Å². The number of nitrogens with one attached hydrogen (secondary N) is 1. The normalized spacial score (nSPS) is 11.2. The van der Waals surface area contributed by atoms with Gasteiger partial charge >= 0.3 is 0 Å². The van der Waals surface area contributed by atoms with Crippen LogP contribution < -0.4 is 9.62 Å². The first-order valence-corrected chi connectivity index (χ1v) is 10.8. The standard InChI is InChI=1S/C21H18Cl2N2O3S/c1-14-12-15(21(26)24-19-13-16(22)9-10-18(19)23)8-11-20(14)25(2)29(27,28)17-6-4-3-5-7-17/h3-13H,1-2H3,(H,24,26). The van der Waals surface area contributed by atoms with E-state index in [1.807, 2.05) is 0 Å². The first-order chi connectivity index (χ1) is 13.7. The summed E-state index contributed by atoms with van der Waals surface area (Å²) in [5.41, 5.74) is 1.88. The highest BCUT2D eigenvalue weighted by Gasteiger charge is 2.22. The maximum atomic E-state index is 12.8. The van der Waals surface area contributed by atoms with Gasteiger partial charge in [-0.2, -0.15) is 0 Å². The minimum absolute atomic E-state index is 0.194. The summed E-state index contributed by atoms with van der Waals surface area (Å²) >= 11 is 12.0. The Morgan fingerprint density at radius 1 is 0.966 bits per heavy atom. The van der Waals surface area contributed by atoms with Crippen molar-refractivity contribution >= 4 is 50.5 Å². The number of rotatable bonds is 5. The smallest absolute Gasteiger partial charge is 0.264 e. The molecule has 0 fully saturated rings. The third kappa shape index (κ3) is 4.56. The van der Waals surface area contributed by atoms with Crippen LogP contribution in [0.25, 0.3) is 0 Å². The maximum Gasteiger partial charge on any atom is 0.264 e. The molecule has 0 saturated carbocycles. The summed E-state index contributed by atoms with van der Waals surface area (Å²) in [6.07, 6.45) is 0. The van der Waals surface area contributed by atoms with E-state index in [-0.39, 0.29) is 10.8 Å². The van der Waals surface area contributed by atoms with Gasteiger partial charge < -0.3 is 5.32 Å². The Morgan fingerprint density at radius 2 is 1.66 bits per heavy atom. The Labute approximate surface area is 179 Å². The number of benzene rings is 3. The van der Waals surface area contributed by atoms with Crippen molar-refractivity contribution in [3.05, 3.63) is 87.9 Å². The Hall–Kier alpha value is -2.54. The van der Waals surface area contributed by atoms with Crippen LogP contribution in [-0.2, 0) is 10.0 Å². The van der Waals surface area contributed by atoms with E-state index in [4.69, 9.17) is 23.2 Å². The average molecular weight is 449 g/mol. The number of carbonyl (C=O) groups excluding carboxylic acids is 1. The number of nitrogens with zero attached hydrogens (tertiary/aromatic N) is 1. The van der Waals surface area contributed by atoms with Crippen LogP contribution in [0.3, 0.4) is 0 Å². The lowest BCUT2D eigenvalue weighted by molar-refractivity contribution is 0.102. The third-order valence-corrected chi connectivity index (χ3v) is 6.73. The van der Waals surface area contributed by atoms with Gasteiger partial charge in [-0.15, -0.1) is 0 Å². The van der Waals surface area contributed by atoms with Gasteiger partial charge in [-0.05, 0) is 61.0 Å². The Bertz CT molecular complexity index is 1170. The molecule has 1 N–H and O–H groups in total. The number of carbonyl (C=O) groups is 1. The van der Waals surface area contributed by atoms with Crippen LogP contribution in [0, 0.1) is 6.92 Å². The highest BCUT2D eigenvalue weighted by Crippen LogP contribution is 2.28. The van der Waals surface area contributed by atoms with Gasteiger partial charge in [0.2, 0.25) is 0 Å². The number of amides is 1.